The fraction of sp³-hybridized carbons (Fsp3) is 0.917. The van der Waals surface area contributed by atoms with Crippen LogP contribution in [-0.2, 0) is 4.79 Å². The van der Waals surface area contributed by atoms with E-state index in [1.54, 1.807) is 0 Å². The van der Waals surface area contributed by atoms with Crippen LogP contribution < -0.4 is 11.3 Å². The molecular weight excluding hydrogens is 202 g/mol. The number of nitrogens with two attached hydrogens (primary N) is 1. The SMILES string of the molecule is CCCCCN(C(C)C)C(C)CC(=O)NN. The van der Waals surface area contributed by atoms with Crippen LogP contribution in [0.3, 0.4) is 0 Å². The molecule has 0 radical (unpaired) electrons. The molecule has 1 amide bonds. The number of unbranched alkanes of at least 4 members (excludes halogenated alkanes) is 2. The Balaban J connectivity index is 4.12. The van der Waals surface area contributed by atoms with Crippen molar-refractivity contribution >= 4 is 5.91 Å². The van der Waals surface area contributed by atoms with E-state index >= 15 is 0 Å². The molecule has 0 aromatic heterocycles. The second-order valence-corrected chi connectivity index (χ2v) is 4.66. The van der Waals surface area contributed by atoms with Crippen molar-refractivity contribution in [1.29, 1.82) is 0 Å². The minimum absolute atomic E-state index is 0.0892. The summed E-state index contributed by atoms with van der Waals surface area (Å²) in [6.07, 6.45) is 4.15. The molecule has 0 heterocycles. The van der Waals surface area contributed by atoms with E-state index < -0.39 is 0 Å². The minimum Gasteiger partial charge on any atom is -0.298 e. The summed E-state index contributed by atoms with van der Waals surface area (Å²) in [5.74, 6) is 5.01. The van der Waals surface area contributed by atoms with Crippen molar-refractivity contribution in [3.63, 3.8) is 0 Å². The van der Waals surface area contributed by atoms with Gasteiger partial charge in [-0.05, 0) is 33.7 Å². The van der Waals surface area contributed by atoms with Crippen LogP contribution in [0.25, 0.3) is 0 Å². The van der Waals surface area contributed by atoms with E-state index in [0.29, 0.717) is 12.5 Å². The molecule has 4 heteroatoms. The van der Waals surface area contributed by atoms with Crippen molar-refractivity contribution in [2.45, 2.75) is 65.5 Å². The number of carbonyl (C=O) groups excluding carboxylic acids is 1. The first kappa shape index (κ1) is 15.4. The lowest BCUT2D eigenvalue weighted by atomic mass is 10.1. The number of hydrazine groups is 1. The monoisotopic (exact) mass is 229 g/mol. The zero-order valence-corrected chi connectivity index (χ0v) is 11.1. The lowest BCUT2D eigenvalue weighted by Gasteiger charge is -2.32. The van der Waals surface area contributed by atoms with Gasteiger partial charge in [-0.2, -0.15) is 0 Å². The maximum absolute atomic E-state index is 11.2. The Kier molecular flexibility index (Phi) is 8.21. The molecule has 0 fully saturated rings. The molecule has 3 N–H and O–H groups in total. The number of nitrogens with zero attached hydrogens (tertiary/aromatic N) is 1. The average molecular weight is 229 g/mol. The molecule has 1 atom stereocenters. The van der Waals surface area contributed by atoms with Gasteiger partial charge in [0.05, 0.1) is 0 Å². The number of rotatable bonds is 8. The third kappa shape index (κ3) is 6.08. The van der Waals surface area contributed by atoms with Crippen molar-refractivity contribution in [1.82, 2.24) is 10.3 Å². The molecule has 0 aliphatic rings. The van der Waals surface area contributed by atoms with E-state index in [2.05, 4.69) is 38.0 Å². The first-order valence-electron chi connectivity index (χ1n) is 6.28. The molecule has 0 aromatic rings. The van der Waals surface area contributed by atoms with Crippen LogP contribution in [0.15, 0.2) is 0 Å². The van der Waals surface area contributed by atoms with Crippen LogP contribution in [0.1, 0.15) is 53.4 Å². The quantitative estimate of drug-likeness (QED) is 0.288. The third-order valence-electron chi connectivity index (χ3n) is 2.89. The summed E-state index contributed by atoms with van der Waals surface area (Å²) in [6, 6.07) is 0.720. The Labute approximate surface area is 99.5 Å². The Morgan fingerprint density at radius 1 is 1.31 bits per heavy atom. The molecule has 0 aliphatic heterocycles. The van der Waals surface area contributed by atoms with E-state index in [9.17, 15) is 4.79 Å². The summed E-state index contributed by atoms with van der Waals surface area (Å²) in [4.78, 5) is 13.6. The topological polar surface area (TPSA) is 58.4 Å². The van der Waals surface area contributed by atoms with E-state index in [1.165, 1.54) is 19.3 Å². The Morgan fingerprint density at radius 3 is 2.38 bits per heavy atom. The lowest BCUT2D eigenvalue weighted by molar-refractivity contribution is -0.122. The van der Waals surface area contributed by atoms with Gasteiger partial charge in [-0.15, -0.1) is 0 Å². The summed E-state index contributed by atoms with van der Waals surface area (Å²) in [5, 5.41) is 0. The molecule has 96 valence electrons. The van der Waals surface area contributed by atoms with E-state index in [1.807, 2.05) is 0 Å². The summed E-state index contributed by atoms with van der Waals surface area (Å²) < 4.78 is 0. The van der Waals surface area contributed by atoms with Gasteiger partial charge in [0, 0.05) is 18.5 Å². The van der Waals surface area contributed by atoms with Gasteiger partial charge in [-0.3, -0.25) is 15.1 Å². The summed E-state index contributed by atoms with van der Waals surface area (Å²) in [7, 11) is 0. The van der Waals surface area contributed by atoms with Gasteiger partial charge in [0.1, 0.15) is 0 Å². The standard InChI is InChI=1S/C12H27N3O/c1-5-6-7-8-15(10(2)3)11(4)9-12(16)14-13/h10-11H,5-9,13H2,1-4H3,(H,14,16). The fourth-order valence-electron chi connectivity index (χ4n) is 1.98. The maximum Gasteiger partial charge on any atom is 0.235 e. The molecule has 1 unspecified atom stereocenters. The van der Waals surface area contributed by atoms with Crippen molar-refractivity contribution in [3.8, 4) is 0 Å². The number of hydrogen-bond donors (Lipinski definition) is 2. The van der Waals surface area contributed by atoms with E-state index in [4.69, 9.17) is 5.84 Å². The van der Waals surface area contributed by atoms with Crippen LogP contribution in [0.2, 0.25) is 0 Å². The van der Waals surface area contributed by atoms with Crippen molar-refractivity contribution in [2.75, 3.05) is 6.54 Å². The highest BCUT2D eigenvalue weighted by Gasteiger charge is 2.18. The first-order valence-corrected chi connectivity index (χ1v) is 6.28. The molecular formula is C12H27N3O. The fourth-order valence-corrected chi connectivity index (χ4v) is 1.98. The molecule has 16 heavy (non-hydrogen) atoms. The van der Waals surface area contributed by atoms with E-state index in [0.717, 1.165) is 6.54 Å². The van der Waals surface area contributed by atoms with E-state index in [-0.39, 0.29) is 11.9 Å². The van der Waals surface area contributed by atoms with Crippen LogP contribution in [-0.4, -0.2) is 29.4 Å². The lowest BCUT2D eigenvalue weighted by Crippen LogP contribution is -2.43. The zero-order valence-electron chi connectivity index (χ0n) is 11.1. The summed E-state index contributed by atoms with van der Waals surface area (Å²) in [6.45, 7) is 9.68. The number of hydrogen-bond acceptors (Lipinski definition) is 3. The van der Waals surface area contributed by atoms with Gasteiger partial charge in [-0.25, -0.2) is 5.84 Å². The third-order valence-corrected chi connectivity index (χ3v) is 2.89. The predicted octanol–water partition coefficient (Wildman–Crippen LogP) is 1.66. The maximum atomic E-state index is 11.2. The van der Waals surface area contributed by atoms with Crippen molar-refractivity contribution in [3.05, 3.63) is 0 Å². The highest BCUT2D eigenvalue weighted by Crippen LogP contribution is 2.11. The highest BCUT2D eigenvalue weighted by atomic mass is 16.2. The molecule has 0 saturated heterocycles. The molecule has 0 aliphatic carbocycles. The largest absolute Gasteiger partial charge is 0.298 e. The molecule has 0 rings (SSSR count). The minimum atomic E-state index is -0.0892. The van der Waals surface area contributed by atoms with Gasteiger partial charge in [0.25, 0.3) is 0 Å². The number of carbonyl (C=O) groups is 1. The predicted molar refractivity (Wildman–Crippen MR) is 67.8 cm³/mol. The van der Waals surface area contributed by atoms with Crippen molar-refractivity contribution < 1.29 is 4.79 Å². The first-order chi connectivity index (χ1) is 7.52. The molecule has 4 nitrogen and oxygen atoms in total. The van der Waals surface area contributed by atoms with Gasteiger partial charge in [-0.1, -0.05) is 19.8 Å². The summed E-state index contributed by atoms with van der Waals surface area (Å²) in [5.41, 5.74) is 2.19. The van der Waals surface area contributed by atoms with Crippen LogP contribution in [0, 0.1) is 0 Å². The summed E-state index contributed by atoms with van der Waals surface area (Å²) >= 11 is 0. The number of nitrogens with one attached hydrogen (secondary N) is 1. The zero-order chi connectivity index (χ0) is 12.6. The molecule has 0 saturated carbocycles. The molecule has 0 bridgehead atoms. The molecule has 0 aromatic carbocycles. The second kappa shape index (κ2) is 8.53. The smallest absolute Gasteiger partial charge is 0.235 e. The number of amides is 1. The van der Waals surface area contributed by atoms with Gasteiger partial charge in [0.2, 0.25) is 5.91 Å². The van der Waals surface area contributed by atoms with Crippen LogP contribution in [0.5, 0.6) is 0 Å². The second-order valence-electron chi connectivity index (χ2n) is 4.66. The normalized spacial score (nSPS) is 13.2. The average Bonchev–Trinajstić information content (AvgIpc) is 2.23. The Morgan fingerprint density at radius 2 is 1.94 bits per heavy atom. The van der Waals surface area contributed by atoms with Gasteiger partial charge >= 0.3 is 0 Å². The molecule has 0 spiro atoms. The van der Waals surface area contributed by atoms with Crippen LogP contribution >= 0.6 is 0 Å². The van der Waals surface area contributed by atoms with Crippen LogP contribution in [0.4, 0.5) is 0 Å². The van der Waals surface area contributed by atoms with Gasteiger partial charge in [0.15, 0.2) is 0 Å². The van der Waals surface area contributed by atoms with Gasteiger partial charge < -0.3 is 0 Å². The Hall–Kier alpha value is -0.610. The Bertz CT molecular complexity index is 195. The van der Waals surface area contributed by atoms with Crippen molar-refractivity contribution in [2.24, 2.45) is 5.84 Å². The highest BCUT2D eigenvalue weighted by molar-refractivity contribution is 5.75.